The second-order valence-corrected chi connectivity index (χ2v) is 10.3. The molecule has 0 aliphatic heterocycles. The van der Waals surface area contributed by atoms with E-state index in [9.17, 15) is 19.5 Å². The van der Waals surface area contributed by atoms with Gasteiger partial charge in [-0.1, -0.05) is 48.5 Å². The molecule has 2 aliphatic rings. The van der Waals surface area contributed by atoms with Crippen molar-refractivity contribution in [1.82, 2.24) is 10.6 Å². The zero-order valence-electron chi connectivity index (χ0n) is 20.1. The van der Waals surface area contributed by atoms with Gasteiger partial charge in [0, 0.05) is 5.92 Å². The van der Waals surface area contributed by atoms with E-state index in [1.165, 1.54) is 0 Å². The molecule has 1 fully saturated rings. The van der Waals surface area contributed by atoms with E-state index in [2.05, 4.69) is 22.8 Å². The van der Waals surface area contributed by atoms with E-state index < -0.39 is 35.0 Å². The molecule has 0 bridgehead atoms. The van der Waals surface area contributed by atoms with Crippen LogP contribution in [0.5, 0.6) is 0 Å². The van der Waals surface area contributed by atoms with Crippen LogP contribution in [0.1, 0.15) is 57.6 Å². The number of hydrogen-bond acceptors (Lipinski definition) is 4. The first-order chi connectivity index (χ1) is 16.0. The van der Waals surface area contributed by atoms with E-state index in [0.717, 1.165) is 35.1 Å². The molecular formula is C27H32N2O5. The maximum absolute atomic E-state index is 13.1. The first kappa shape index (κ1) is 23.8. The molecule has 4 rings (SSSR count). The van der Waals surface area contributed by atoms with Gasteiger partial charge in [-0.15, -0.1) is 0 Å². The largest absolute Gasteiger partial charge is 0.481 e. The lowest BCUT2D eigenvalue weighted by Crippen LogP contribution is -2.61. The molecule has 34 heavy (non-hydrogen) atoms. The standard InChI is InChI=1S/C27H32N2O5/c1-26(2,24(31)32)27(3,4)29-23(30)22(16-13-14-16)28-25(33)34-15-21-19-11-7-5-9-17(19)18-10-6-8-12-20(18)21/h5-12,16,21-22H,13-15H2,1-4H3,(H,28,33)(H,29,30)(H,31,32). The Bertz CT molecular complexity index is 1070. The number of carbonyl (C=O) groups is 3. The van der Waals surface area contributed by atoms with Crippen LogP contribution < -0.4 is 10.6 Å². The highest BCUT2D eigenvalue weighted by Crippen LogP contribution is 2.44. The summed E-state index contributed by atoms with van der Waals surface area (Å²) in [6.07, 6.45) is 0.999. The monoisotopic (exact) mass is 464 g/mol. The second-order valence-electron chi connectivity index (χ2n) is 10.3. The summed E-state index contributed by atoms with van der Waals surface area (Å²) in [6.45, 7) is 6.66. The van der Waals surface area contributed by atoms with Crippen LogP contribution in [-0.2, 0) is 14.3 Å². The minimum atomic E-state index is -1.19. The van der Waals surface area contributed by atoms with Gasteiger partial charge in [-0.2, -0.15) is 0 Å². The van der Waals surface area contributed by atoms with E-state index in [4.69, 9.17) is 4.74 Å². The number of rotatable bonds is 8. The third-order valence-electron chi connectivity index (χ3n) is 7.53. The molecule has 0 heterocycles. The number of amides is 2. The molecule has 7 nitrogen and oxygen atoms in total. The van der Waals surface area contributed by atoms with Gasteiger partial charge in [0.2, 0.25) is 5.91 Å². The van der Waals surface area contributed by atoms with Crippen LogP contribution in [0.15, 0.2) is 48.5 Å². The summed E-state index contributed by atoms with van der Waals surface area (Å²) in [4.78, 5) is 37.5. The summed E-state index contributed by atoms with van der Waals surface area (Å²) in [5.41, 5.74) is 2.31. The molecule has 1 unspecified atom stereocenters. The molecule has 0 aromatic heterocycles. The van der Waals surface area contributed by atoms with Gasteiger partial charge < -0.3 is 20.5 Å². The molecule has 1 atom stereocenters. The summed E-state index contributed by atoms with van der Waals surface area (Å²) >= 11 is 0. The van der Waals surface area contributed by atoms with Crippen LogP contribution in [0.4, 0.5) is 4.79 Å². The zero-order chi connectivity index (χ0) is 24.7. The van der Waals surface area contributed by atoms with Gasteiger partial charge >= 0.3 is 12.1 Å². The summed E-state index contributed by atoms with van der Waals surface area (Å²) < 4.78 is 5.61. The van der Waals surface area contributed by atoms with E-state index >= 15 is 0 Å². The average molecular weight is 465 g/mol. The smallest absolute Gasteiger partial charge is 0.407 e. The van der Waals surface area contributed by atoms with Crippen LogP contribution in [0, 0.1) is 11.3 Å². The topological polar surface area (TPSA) is 105 Å². The van der Waals surface area contributed by atoms with Gasteiger partial charge in [0.1, 0.15) is 12.6 Å². The fourth-order valence-corrected chi connectivity index (χ4v) is 4.40. The number of benzene rings is 2. The van der Waals surface area contributed by atoms with E-state index in [1.54, 1.807) is 27.7 Å². The number of ether oxygens (including phenoxy) is 1. The van der Waals surface area contributed by atoms with Gasteiger partial charge in [0.25, 0.3) is 0 Å². The molecule has 2 aromatic rings. The van der Waals surface area contributed by atoms with E-state index in [1.807, 2.05) is 36.4 Å². The summed E-state index contributed by atoms with van der Waals surface area (Å²) in [6, 6.07) is 15.4. The molecule has 3 N–H and O–H groups in total. The van der Waals surface area contributed by atoms with Gasteiger partial charge in [0.05, 0.1) is 11.0 Å². The highest BCUT2D eigenvalue weighted by molar-refractivity contribution is 5.88. The quantitative estimate of drug-likeness (QED) is 0.540. The number of hydrogen-bond donors (Lipinski definition) is 3. The minimum Gasteiger partial charge on any atom is -0.481 e. The highest BCUT2D eigenvalue weighted by atomic mass is 16.5. The average Bonchev–Trinajstić information content (AvgIpc) is 3.58. The minimum absolute atomic E-state index is 0.0178. The van der Waals surface area contributed by atoms with E-state index in [-0.39, 0.29) is 18.4 Å². The Balaban J connectivity index is 1.42. The van der Waals surface area contributed by atoms with Gasteiger partial charge in [-0.05, 0) is 68.7 Å². The van der Waals surface area contributed by atoms with Crippen molar-refractivity contribution in [3.8, 4) is 11.1 Å². The fourth-order valence-electron chi connectivity index (χ4n) is 4.40. The lowest BCUT2D eigenvalue weighted by atomic mass is 9.74. The SMILES string of the molecule is CC(C)(NC(=O)C(NC(=O)OCC1c2ccccc2-c2ccccc21)C1CC1)C(C)(C)C(=O)O. The van der Waals surface area contributed by atoms with Crippen molar-refractivity contribution >= 4 is 18.0 Å². The van der Waals surface area contributed by atoms with Crippen LogP contribution in [0.2, 0.25) is 0 Å². The summed E-state index contributed by atoms with van der Waals surface area (Å²) in [7, 11) is 0. The Hall–Kier alpha value is -3.35. The first-order valence-electron chi connectivity index (χ1n) is 11.7. The summed E-state index contributed by atoms with van der Waals surface area (Å²) in [5, 5.41) is 15.1. The Labute approximate surface area is 199 Å². The molecule has 7 heteroatoms. The number of nitrogens with one attached hydrogen (secondary N) is 2. The molecule has 0 saturated heterocycles. The molecule has 2 amide bonds. The molecule has 2 aromatic carbocycles. The fraction of sp³-hybridized carbons (Fsp3) is 0.444. The van der Waals surface area contributed by atoms with E-state index in [0.29, 0.717) is 0 Å². The molecular weight excluding hydrogens is 432 g/mol. The highest BCUT2D eigenvalue weighted by Gasteiger charge is 2.47. The molecule has 1 saturated carbocycles. The van der Waals surface area contributed by atoms with Crippen LogP contribution in [-0.4, -0.2) is 41.3 Å². The number of carboxylic acid groups (broad SMARTS) is 1. The predicted molar refractivity (Wildman–Crippen MR) is 128 cm³/mol. The van der Waals surface area contributed by atoms with Gasteiger partial charge in [0.15, 0.2) is 0 Å². The van der Waals surface area contributed by atoms with Crippen molar-refractivity contribution in [3.05, 3.63) is 59.7 Å². The number of carboxylic acids is 1. The zero-order valence-corrected chi connectivity index (χ0v) is 20.1. The molecule has 2 aliphatic carbocycles. The molecule has 0 radical (unpaired) electrons. The molecule has 0 spiro atoms. The maximum atomic E-state index is 13.1. The van der Waals surface area contributed by atoms with Crippen molar-refractivity contribution in [3.63, 3.8) is 0 Å². The Morgan fingerprint density at radius 3 is 2.00 bits per heavy atom. The van der Waals surface area contributed by atoms with Crippen LogP contribution in [0.3, 0.4) is 0 Å². The maximum Gasteiger partial charge on any atom is 0.407 e. The molecule has 180 valence electrons. The van der Waals surface area contributed by atoms with Crippen molar-refractivity contribution in [1.29, 1.82) is 0 Å². The third kappa shape index (κ3) is 4.39. The van der Waals surface area contributed by atoms with Crippen LogP contribution in [0.25, 0.3) is 11.1 Å². The lowest BCUT2D eigenvalue weighted by Gasteiger charge is -2.39. The lowest BCUT2D eigenvalue weighted by molar-refractivity contribution is -0.152. The van der Waals surface area contributed by atoms with Gasteiger partial charge in [-0.25, -0.2) is 4.79 Å². The summed E-state index contributed by atoms with van der Waals surface area (Å²) in [5.74, 6) is -1.45. The first-order valence-corrected chi connectivity index (χ1v) is 11.7. The number of aliphatic carboxylic acids is 1. The van der Waals surface area contributed by atoms with Crippen molar-refractivity contribution in [2.75, 3.05) is 6.61 Å². The van der Waals surface area contributed by atoms with Crippen LogP contribution >= 0.6 is 0 Å². The Morgan fingerprint density at radius 2 is 1.50 bits per heavy atom. The Morgan fingerprint density at radius 1 is 0.971 bits per heavy atom. The number of alkyl carbamates (subject to hydrolysis) is 1. The van der Waals surface area contributed by atoms with Crippen molar-refractivity contribution in [2.45, 2.75) is 58.0 Å². The Kier molecular flexibility index (Phi) is 6.14. The third-order valence-corrected chi connectivity index (χ3v) is 7.53. The van der Waals surface area contributed by atoms with Crippen molar-refractivity contribution in [2.24, 2.45) is 11.3 Å². The predicted octanol–water partition coefficient (Wildman–Crippen LogP) is 4.31. The van der Waals surface area contributed by atoms with Gasteiger partial charge in [-0.3, -0.25) is 9.59 Å². The normalized spacial score (nSPS) is 16.2. The second kappa shape index (κ2) is 8.78. The number of fused-ring (bicyclic) bond motifs is 3. The van der Waals surface area contributed by atoms with Crippen molar-refractivity contribution < 1.29 is 24.2 Å². The number of carbonyl (C=O) groups excluding carboxylic acids is 2.